The van der Waals surface area contributed by atoms with Gasteiger partial charge in [0.25, 0.3) is 0 Å². The second kappa shape index (κ2) is 8.07. The molecule has 2 aromatic rings. The average Bonchev–Trinajstić information content (AvgIpc) is 2.97. The van der Waals surface area contributed by atoms with Gasteiger partial charge in [-0.2, -0.15) is 0 Å². The number of hydrogen-bond donors (Lipinski definition) is 3. The minimum Gasteiger partial charge on any atom is -0.497 e. The van der Waals surface area contributed by atoms with Crippen molar-refractivity contribution in [2.45, 2.75) is 12.0 Å². The molecule has 3 amide bonds. The number of carbonyl (C=O) groups excluding carboxylic acids is 2. The highest BCUT2D eigenvalue weighted by Gasteiger charge is 2.40. The van der Waals surface area contributed by atoms with Gasteiger partial charge in [0.15, 0.2) is 0 Å². The Morgan fingerprint density at radius 1 is 1.22 bits per heavy atom. The van der Waals surface area contributed by atoms with E-state index in [1.54, 1.807) is 12.1 Å². The number of ether oxygens (including phenoxy) is 1. The first kappa shape index (κ1) is 19.3. The van der Waals surface area contributed by atoms with Crippen LogP contribution >= 0.6 is 22.6 Å². The minimum atomic E-state index is -1.11. The molecule has 27 heavy (non-hydrogen) atoms. The number of benzene rings is 2. The lowest BCUT2D eigenvalue weighted by Gasteiger charge is -2.20. The van der Waals surface area contributed by atoms with Gasteiger partial charge in [-0.15, -0.1) is 0 Å². The van der Waals surface area contributed by atoms with E-state index < -0.39 is 35.5 Å². The maximum Gasteiger partial charge on any atom is 0.319 e. The summed E-state index contributed by atoms with van der Waals surface area (Å²) in [5, 5.41) is 7.62. The van der Waals surface area contributed by atoms with Crippen LogP contribution in [0.25, 0.3) is 0 Å². The fraction of sp³-hybridized carbons (Fsp3) is 0.222. The third-order valence-electron chi connectivity index (χ3n) is 4.23. The van der Waals surface area contributed by atoms with Crippen molar-refractivity contribution in [3.63, 3.8) is 0 Å². The molecule has 0 radical (unpaired) electrons. The van der Waals surface area contributed by atoms with E-state index >= 15 is 0 Å². The van der Waals surface area contributed by atoms with Crippen LogP contribution in [-0.2, 0) is 4.79 Å². The number of halogens is 3. The molecule has 2 atom stereocenters. The maximum absolute atomic E-state index is 14.4. The summed E-state index contributed by atoms with van der Waals surface area (Å²) >= 11 is 2.13. The Balaban J connectivity index is 1.78. The first-order valence-corrected chi connectivity index (χ1v) is 9.10. The van der Waals surface area contributed by atoms with Gasteiger partial charge >= 0.3 is 6.03 Å². The van der Waals surface area contributed by atoms with E-state index in [9.17, 15) is 18.4 Å². The second-order valence-electron chi connectivity index (χ2n) is 5.94. The third-order valence-corrected chi connectivity index (χ3v) is 4.95. The number of methoxy groups -OCH3 is 1. The Labute approximate surface area is 167 Å². The Hall–Kier alpha value is -2.43. The highest BCUT2D eigenvalue weighted by atomic mass is 127. The van der Waals surface area contributed by atoms with Crippen LogP contribution in [0.5, 0.6) is 5.75 Å². The van der Waals surface area contributed by atoms with Crippen LogP contribution in [0.4, 0.5) is 19.3 Å². The van der Waals surface area contributed by atoms with Crippen LogP contribution in [0.3, 0.4) is 0 Å². The summed E-state index contributed by atoms with van der Waals surface area (Å²) < 4.78 is 34.6. The SMILES string of the molecule is COc1cc(F)c([C@@H]2CNC(=O)[C@H]2NC(=O)Nc2ccc(I)cc2)c(F)c1. The molecule has 1 aliphatic rings. The summed E-state index contributed by atoms with van der Waals surface area (Å²) in [5.74, 6) is -3.03. The molecule has 0 aliphatic carbocycles. The summed E-state index contributed by atoms with van der Waals surface area (Å²) in [6.45, 7) is 0.00742. The zero-order chi connectivity index (χ0) is 19.6. The molecule has 1 fully saturated rings. The normalized spacial score (nSPS) is 18.7. The first-order chi connectivity index (χ1) is 12.9. The van der Waals surface area contributed by atoms with Gasteiger partial charge in [-0.3, -0.25) is 4.79 Å². The van der Waals surface area contributed by atoms with Crippen molar-refractivity contribution in [2.24, 2.45) is 0 Å². The molecule has 142 valence electrons. The van der Waals surface area contributed by atoms with Gasteiger partial charge < -0.3 is 20.7 Å². The molecule has 1 heterocycles. The molecule has 2 aromatic carbocycles. The monoisotopic (exact) mass is 487 g/mol. The van der Waals surface area contributed by atoms with Crippen molar-refractivity contribution in [3.8, 4) is 5.75 Å². The van der Waals surface area contributed by atoms with Gasteiger partial charge in [0.1, 0.15) is 23.4 Å². The smallest absolute Gasteiger partial charge is 0.319 e. The van der Waals surface area contributed by atoms with Crippen LogP contribution < -0.4 is 20.7 Å². The molecule has 6 nitrogen and oxygen atoms in total. The molecule has 0 bridgehead atoms. The molecule has 0 saturated carbocycles. The van der Waals surface area contributed by atoms with Crippen LogP contribution in [0.15, 0.2) is 36.4 Å². The Morgan fingerprint density at radius 3 is 2.44 bits per heavy atom. The maximum atomic E-state index is 14.4. The molecule has 0 aromatic heterocycles. The topological polar surface area (TPSA) is 79.5 Å². The highest BCUT2D eigenvalue weighted by molar-refractivity contribution is 14.1. The predicted molar refractivity (Wildman–Crippen MR) is 104 cm³/mol. The Morgan fingerprint density at radius 2 is 1.85 bits per heavy atom. The van der Waals surface area contributed by atoms with Crippen molar-refractivity contribution >= 4 is 40.2 Å². The largest absolute Gasteiger partial charge is 0.497 e. The second-order valence-corrected chi connectivity index (χ2v) is 7.19. The van der Waals surface area contributed by atoms with Crippen LogP contribution in [-0.4, -0.2) is 31.6 Å². The zero-order valence-corrected chi connectivity index (χ0v) is 16.3. The van der Waals surface area contributed by atoms with Crippen LogP contribution in [0.2, 0.25) is 0 Å². The van der Waals surface area contributed by atoms with Gasteiger partial charge in [-0.25, -0.2) is 13.6 Å². The summed E-state index contributed by atoms with van der Waals surface area (Å²) in [7, 11) is 1.30. The van der Waals surface area contributed by atoms with Crippen molar-refractivity contribution in [1.82, 2.24) is 10.6 Å². The van der Waals surface area contributed by atoms with Gasteiger partial charge in [-0.1, -0.05) is 0 Å². The number of rotatable bonds is 4. The quantitative estimate of drug-likeness (QED) is 0.581. The van der Waals surface area contributed by atoms with Crippen LogP contribution in [0, 0.1) is 15.2 Å². The average molecular weight is 487 g/mol. The Bertz CT molecular complexity index is 854. The molecule has 1 aliphatic heterocycles. The summed E-state index contributed by atoms with van der Waals surface area (Å²) in [6, 6.07) is 7.37. The van der Waals surface area contributed by atoms with E-state index in [4.69, 9.17) is 4.74 Å². The van der Waals surface area contributed by atoms with E-state index in [1.165, 1.54) is 7.11 Å². The standard InChI is InChI=1S/C18H16F2IN3O3/c1-27-11-6-13(19)15(14(20)7-11)12-8-22-17(25)16(12)24-18(26)23-10-4-2-9(21)3-5-10/h2-7,12,16H,8H2,1H3,(H,22,25)(H2,23,24,26)/t12-,16-/m0/s1. The molecular weight excluding hydrogens is 471 g/mol. The molecule has 0 spiro atoms. The predicted octanol–water partition coefficient (Wildman–Crippen LogP) is 2.98. The molecule has 3 N–H and O–H groups in total. The van der Waals surface area contributed by atoms with E-state index in [2.05, 4.69) is 38.5 Å². The Kier molecular flexibility index (Phi) is 5.78. The van der Waals surface area contributed by atoms with Gasteiger partial charge in [0.2, 0.25) is 5.91 Å². The lowest BCUT2D eigenvalue weighted by molar-refractivity contribution is -0.120. The van der Waals surface area contributed by atoms with Crippen molar-refractivity contribution in [2.75, 3.05) is 19.0 Å². The van der Waals surface area contributed by atoms with Gasteiger partial charge in [0, 0.05) is 39.4 Å². The number of nitrogens with one attached hydrogen (secondary N) is 3. The van der Waals surface area contributed by atoms with Gasteiger partial charge in [0.05, 0.1) is 7.11 Å². The van der Waals surface area contributed by atoms with E-state index in [1.807, 2.05) is 12.1 Å². The number of hydrogen-bond acceptors (Lipinski definition) is 3. The molecule has 1 saturated heterocycles. The van der Waals surface area contributed by atoms with E-state index in [0.717, 1.165) is 15.7 Å². The zero-order valence-electron chi connectivity index (χ0n) is 14.2. The van der Waals surface area contributed by atoms with E-state index in [0.29, 0.717) is 5.69 Å². The first-order valence-electron chi connectivity index (χ1n) is 8.02. The summed E-state index contributed by atoms with van der Waals surface area (Å²) in [6.07, 6.45) is 0. The molecule has 9 heteroatoms. The fourth-order valence-electron chi connectivity index (χ4n) is 2.93. The highest BCUT2D eigenvalue weighted by Crippen LogP contribution is 2.31. The third kappa shape index (κ3) is 4.29. The number of carbonyl (C=O) groups is 2. The summed E-state index contributed by atoms with van der Waals surface area (Å²) in [5.41, 5.74) is 0.262. The number of urea groups is 1. The number of anilines is 1. The van der Waals surface area contributed by atoms with Crippen molar-refractivity contribution in [1.29, 1.82) is 0 Å². The molecular formula is C18H16F2IN3O3. The molecule has 0 unspecified atom stereocenters. The molecule has 3 rings (SSSR count). The van der Waals surface area contributed by atoms with Gasteiger partial charge in [-0.05, 0) is 46.9 Å². The van der Waals surface area contributed by atoms with Crippen molar-refractivity contribution in [3.05, 3.63) is 57.2 Å². The van der Waals surface area contributed by atoms with Crippen molar-refractivity contribution < 1.29 is 23.1 Å². The lowest BCUT2D eigenvalue weighted by Crippen LogP contribution is -2.45. The van der Waals surface area contributed by atoms with Crippen LogP contribution in [0.1, 0.15) is 11.5 Å². The lowest BCUT2D eigenvalue weighted by atomic mass is 9.93. The fourth-order valence-corrected chi connectivity index (χ4v) is 3.29. The number of amides is 3. The summed E-state index contributed by atoms with van der Waals surface area (Å²) in [4.78, 5) is 24.3. The van der Waals surface area contributed by atoms with E-state index in [-0.39, 0.29) is 17.9 Å². The minimum absolute atomic E-state index is 0.00742.